The van der Waals surface area contributed by atoms with Crippen LogP contribution < -0.4 is 25.9 Å². The number of carbonyl (C=O) groups excluding carboxylic acids is 1. The van der Waals surface area contributed by atoms with Crippen LogP contribution in [0.3, 0.4) is 0 Å². The van der Waals surface area contributed by atoms with Gasteiger partial charge < -0.3 is 30.1 Å². The summed E-state index contributed by atoms with van der Waals surface area (Å²) in [7, 11) is 0. The van der Waals surface area contributed by atoms with Crippen LogP contribution in [0.1, 0.15) is 22.8 Å². The zero-order chi connectivity index (χ0) is 29.1. The number of hydrogen-bond donors (Lipinski definition) is 3. The lowest BCUT2D eigenvalue weighted by Crippen LogP contribution is -2.47. The highest BCUT2D eigenvalue weighted by Gasteiger charge is 2.24. The van der Waals surface area contributed by atoms with Gasteiger partial charge in [0.15, 0.2) is 0 Å². The van der Waals surface area contributed by atoms with E-state index in [4.69, 9.17) is 0 Å². The fourth-order valence-electron chi connectivity index (χ4n) is 5.04. The molecular formula is C30H29F2N5O4. The molecule has 2 amide bonds. The molecule has 1 fully saturated rings. The summed E-state index contributed by atoms with van der Waals surface area (Å²) < 4.78 is 31.8. The Hall–Kier alpha value is -4.93. The van der Waals surface area contributed by atoms with Gasteiger partial charge in [0, 0.05) is 56.5 Å². The molecule has 41 heavy (non-hydrogen) atoms. The number of aromatic nitrogens is 1. The maximum Gasteiger partial charge on any atom is 0.341 e. The molecule has 1 saturated heterocycles. The summed E-state index contributed by atoms with van der Waals surface area (Å²) in [6, 6.07) is 16.2. The average Bonchev–Trinajstić information content (AvgIpc) is 2.97. The normalized spacial score (nSPS) is 13.3. The molecule has 0 unspecified atom stereocenters. The zero-order valence-corrected chi connectivity index (χ0v) is 22.4. The number of carbonyl (C=O) groups is 2. The van der Waals surface area contributed by atoms with Gasteiger partial charge in [-0.05, 0) is 42.8 Å². The molecule has 1 aliphatic heterocycles. The van der Waals surface area contributed by atoms with Gasteiger partial charge in [0.1, 0.15) is 17.2 Å². The van der Waals surface area contributed by atoms with E-state index in [1.807, 2.05) is 47.1 Å². The van der Waals surface area contributed by atoms with Crippen molar-refractivity contribution in [2.45, 2.75) is 20.0 Å². The molecule has 4 aromatic rings. The number of aryl methyl sites for hydroxylation is 1. The Morgan fingerprint density at radius 2 is 1.56 bits per heavy atom. The van der Waals surface area contributed by atoms with Gasteiger partial charge in [-0.15, -0.1) is 0 Å². The van der Waals surface area contributed by atoms with Crippen molar-refractivity contribution in [3.05, 3.63) is 99.8 Å². The second-order valence-corrected chi connectivity index (χ2v) is 9.72. The topological polar surface area (TPSA) is 107 Å². The van der Waals surface area contributed by atoms with Gasteiger partial charge in [-0.1, -0.05) is 30.3 Å². The first-order valence-electron chi connectivity index (χ1n) is 13.2. The number of rotatable bonds is 7. The second-order valence-electron chi connectivity index (χ2n) is 9.72. The van der Waals surface area contributed by atoms with Gasteiger partial charge in [0.05, 0.1) is 16.9 Å². The van der Waals surface area contributed by atoms with E-state index < -0.39 is 34.6 Å². The summed E-state index contributed by atoms with van der Waals surface area (Å²) in [6.07, 6.45) is 1.28. The molecule has 0 bridgehead atoms. The van der Waals surface area contributed by atoms with Crippen molar-refractivity contribution in [2.24, 2.45) is 0 Å². The molecule has 0 spiro atoms. The van der Waals surface area contributed by atoms with Crippen molar-refractivity contribution in [1.82, 2.24) is 9.88 Å². The van der Waals surface area contributed by atoms with Crippen LogP contribution in [0.5, 0.6) is 0 Å². The predicted octanol–water partition coefficient (Wildman–Crippen LogP) is 4.65. The van der Waals surface area contributed by atoms with E-state index >= 15 is 8.78 Å². The van der Waals surface area contributed by atoms with Crippen molar-refractivity contribution < 1.29 is 23.5 Å². The van der Waals surface area contributed by atoms with Gasteiger partial charge in [-0.25, -0.2) is 18.4 Å². The van der Waals surface area contributed by atoms with Gasteiger partial charge in [0.25, 0.3) is 0 Å². The van der Waals surface area contributed by atoms with E-state index in [1.165, 1.54) is 12.3 Å². The molecule has 0 aliphatic carbocycles. The van der Waals surface area contributed by atoms with Crippen molar-refractivity contribution in [2.75, 3.05) is 41.3 Å². The van der Waals surface area contributed by atoms with Crippen molar-refractivity contribution in [1.29, 1.82) is 0 Å². The first kappa shape index (κ1) is 27.6. The highest BCUT2D eigenvalue weighted by atomic mass is 19.1. The van der Waals surface area contributed by atoms with Crippen LogP contribution in [0.15, 0.2) is 71.7 Å². The molecule has 0 saturated carbocycles. The highest BCUT2D eigenvalue weighted by Crippen LogP contribution is 2.29. The number of benzene rings is 3. The summed E-state index contributed by atoms with van der Waals surface area (Å²) >= 11 is 0. The molecule has 0 atom stereocenters. The summed E-state index contributed by atoms with van der Waals surface area (Å²) in [4.78, 5) is 40.0. The minimum atomic E-state index is -1.36. The summed E-state index contributed by atoms with van der Waals surface area (Å²) in [5.41, 5.74) is 1.25. The number of hydrogen-bond acceptors (Lipinski definition) is 5. The van der Waals surface area contributed by atoms with Gasteiger partial charge in [-0.2, -0.15) is 0 Å². The van der Waals surface area contributed by atoms with Crippen LogP contribution in [-0.4, -0.2) is 47.9 Å². The quantitative estimate of drug-likeness (QED) is 0.304. The van der Waals surface area contributed by atoms with Crippen LogP contribution in [0.2, 0.25) is 0 Å². The molecule has 5 rings (SSSR count). The van der Waals surface area contributed by atoms with E-state index in [9.17, 15) is 19.5 Å². The number of carboxylic acid groups (broad SMARTS) is 1. The zero-order valence-electron chi connectivity index (χ0n) is 22.4. The largest absolute Gasteiger partial charge is 0.477 e. The third-order valence-electron chi connectivity index (χ3n) is 7.18. The SMILES string of the molecule is CCn1cc(C(=O)O)c(=O)c2cc(F)c(N3CCN(c4ccc(NC(=O)NCc5ccccc5)cc4F)CC3)cc21. The summed E-state index contributed by atoms with van der Waals surface area (Å²) in [5, 5.41) is 14.7. The first-order valence-corrected chi connectivity index (χ1v) is 13.2. The number of aromatic carboxylic acids is 1. The van der Waals surface area contributed by atoms with E-state index in [0.717, 1.165) is 11.6 Å². The Labute approximate surface area is 234 Å². The molecule has 0 radical (unpaired) electrons. The number of pyridine rings is 1. The number of piperazine rings is 1. The lowest BCUT2D eigenvalue weighted by molar-refractivity contribution is 0.0694. The number of halogens is 2. The number of fused-ring (bicyclic) bond motifs is 1. The lowest BCUT2D eigenvalue weighted by atomic mass is 10.1. The van der Waals surface area contributed by atoms with Crippen LogP contribution in [0.25, 0.3) is 10.9 Å². The Bertz CT molecular complexity index is 1670. The molecule has 2 heterocycles. The Kier molecular flexibility index (Phi) is 7.86. The Morgan fingerprint density at radius 1 is 0.902 bits per heavy atom. The number of carboxylic acids is 1. The number of amides is 2. The number of urea groups is 1. The molecule has 1 aliphatic rings. The predicted molar refractivity (Wildman–Crippen MR) is 154 cm³/mol. The fourth-order valence-corrected chi connectivity index (χ4v) is 5.04. The number of anilines is 3. The molecule has 1 aromatic heterocycles. The molecule has 11 heteroatoms. The smallest absolute Gasteiger partial charge is 0.341 e. The van der Waals surface area contributed by atoms with Crippen molar-refractivity contribution in [3.8, 4) is 0 Å². The van der Waals surface area contributed by atoms with E-state index in [1.54, 1.807) is 22.8 Å². The van der Waals surface area contributed by atoms with Crippen LogP contribution in [-0.2, 0) is 13.1 Å². The van der Waals surface area contributed by atoms with Crippen molar-refractivity contribution >= 4 is 40.0 Å². The van der Waals surface area contributed by atoms with Crippen LogP contribution in [0, 0.1) is 11.6 Å². The Balaban J connectivity index is 1.26. The summed E-state index contributed by atoms with van der Waals surface area (Å²) in [5.74, 6) is -2.47. The minimum absolute atomic E-state index is 0.0103. The lowest BCUT2D eigenvalue weighted by Gasteiger charge is -2.37. The van der Waals surface area contributed by atoms with Crippen molar-refractivity contribution in [3.63, 3.8) is 0 Å². The molecule has 3 aromatic carbocycles. The molecular weight excluding hydrogens is 532 g/mol. The average molecular weight is 562 g/mol. The maximum absolute atomic E-state index is 15.2. The van der Waals surface area contributed by atoms with Gasteiger partial charge in [-0.3, -0.25) is 4.79 Å². The number of nitrogens with one attached hydrogen (secondary N) is 2. The molecule has 9 nitrogen and oxygen atoms in total. The molecule has 3 N–H and O–H groups in total. The van der Waals surface area contributed by atoms with Gasteiger partial charge in [0.2, 0.25) is 5.43 Å². The van der Waals surface area contributed by atoms with Crippen LogP contribution >= 0.6 is 0 Å². The minimum Gasteiger partial charge on any atom is -0.477 e. The highest BCUT2D eigenvalue weighted by molar-refractivity contribution is 5.93. The van der Waals surface area contributed by atoms with E-state index in [-0.39, 0.29) is 5.39 Å². The fraction of sp³-hybridized carbons (Fsp3) is 0.233. The Morgan fingerprint density at radius 3 is 2.20 bits per heavy atom. The van der Waals surface area contributed by atoms with E-state index in [2.05, 4.69) is 10.6 Å². The van der Waals surface area contributed by atoms with E-state index in [0.29, 0.717) is 61.8 Å². The van der Waals surface area contributed by atoms with Gasteiger partial charge >= 0.3 is 12.0 Å². The first-order chi connectivity index (χ1) is 19.7. The maximum atomic E-state index is 15.2. The van der Waals surface area contributed by atoms with Crippen LogP contribution in [0.4, 0.5) is 30.6 Å². The standard InChI is InChI=1S/C30H29F2N5O4/c1-2-35-18-22(29(39)40)28(38)21-15-24(32)27(16-26(21)35)37-12-10-36(11-13-37)25-9-8-20(14-23(25)31)34-30(41)33-17-19-6-4-3-5-7-19/h3-9,14-16,18H,2,10-13,17H2,1H3,(H,39,40)(H2,33,34,41). The monoisotopic (exact) mass is 561 g/mol. The summed E-state index contributed by atoms with van der Waals surface area (Å²) in [6.45, 7) is 4.17. The third kappa shape index (κ3) is 5.84. The second kappa shape index (κ2) is 11.7. The third-order valence-corrected chi connectivity index (χ3v) is 7.18. The molecule has 212 valence electrons. The number of nitrogens with zero attached hydrogens (tertiary/aromatic N) is 3.